The minimum Gasteiger partial charge on any atom is -0.442 e. The Hall–Kier alpha value is -4.49. The summed E-state index contributed by atoms with van der Waals surface area (Å²) >= 11 is 5.34. The number of amides is 1. The van der Waals surface area contributed by atoms with E-state index < -0.39 is 35.2 Å². The van der Waals surface area contributed by atoms with E-state index in [1.165, 1.54) is 65.0 Å². The molecule has 1 aliphatic rings. The van der Waals surface area contributed by atoms with E-state index >= 15 is 0 Å². The third kappa shape index (κ3) is 4.21. The van der Waals surface area contributed by atoms with Crippen LogP contribution in [0.1, 0.15) is 11.6 Å². The van der Waals surface area contributed by atoms with Gasteiger partial charge in [0, 0.05) is 24.5 Å². The molecule has 4 heterocycles. The number of nitrogens with zero attached hydrogens (tertiary/aromatic N) is 6. The molecule has 0 bridgehead atoms. The van der Waals surface area contributed by atoms with E-state index in [1.54, 1.807) is 18.2 Å². The van der Waals surface area contributed by atoms with Crippen molar-refractivity contribution in [2.45, 2.75) is 12.1 Å². The van der Waals surface area contributed by atoms with Gasteiger partial charge in [0.2, 0.25) is 0 Å². The van der Waals surface area contributed by atoms with Gasteiger partial charge >= 0.3 is 6.09 Å². The van der Waals surface area contributed by atoms with E-state index in [2.05, 4.69) is 10.1 Å². The van der Waals surface area contributed by atoms with Crippen LogP contribution in [-0.4, -0.2) is 47.8 Å². The van der Waals surface area contributed by atoms with Crippen molar-refractivity contribution in [2.75, 3.05) is 11.4 Å². The van der Waals surface area contributed by atoms with Crippen LogP contribution < -0.4 is 21.8 Å². The zero-order valence-electron chi connectivity index (χ0n) is 18.5. The van der Waals surface area contributed by atoms with Gasteiger partial charge in [0.25, 0.3) is 11.1 Å². The summed E-state index contributed by atoms with van der Waals surface area (Å²) in [6, 6.07) is 10.7. The first kappa shape index (κ1) is 23.3. The summed E-state index contributed by atoms with van der Waals surface area (Å²) < 4.78 is 23.7. The number of thiocarbonyl (C=S) groups is 1. The number of hydrogen-bond acceptors (Lipinski definition) is 8. The number of ether oxygens (including phenoxy) is 1. The fourth-order valence-electron chi connectivity index (χ4n) is 3.83. The molecule has 0 aliphatic carbocycles. The second-order valence-electron chi connectivity index (χ2n) is 7.90. The Bertz CT molecular complexity index is 1580. The van der Waals surface area contributed by atoms with E-state index in [9.17, 15) is 18.8 Å². The molecule has 1 unspecified atom stereocenters. The highest BCUT2D eigenvalue weighted by Gasteiger charge is 2.37. The highest BCUT2D eigenvalue weighted by atomic mass is 32.1. The Morgan fingerprint density at radius 3 is 2.64 bits per heavy atom. The van der Waals surface area contributed by atoms with Gasteiger partial charge in [-0.15, -0.1) is 0 Å². The lowest BCUT2D eigenvalue weighted by molar-refractivity contribution is 0.126. The molecule has 1 aliphatic heterocycles. The number of nitrogens with two attached hydrogens (primary N) is 1. The summed E-state index contributed by atoms with van der Waals surface area (Å²) in [7, 11) is 0. The summed E-state index contributed by atoms with van der Waals surface area (Å²) in [6.07, 6.45) is 4.02. The molecule has 3 aromatic heterocycles. The third-order valence-electron chi connectivity index (χ3n) is 5.70. The molecule has 13 heteroatoms. The molecule has 0 spiro atoms. The van der Waals surface area contributed by atoms with E-state index in [0.29, 0.717) is 5.56 Å². The number of halogens is 1. The van der Waals surface area contributed by atoms with Gasteiger partial charge in [-0.3, -0.25) is 23.6 Å². The number of hydrogen-bond donors (Lipinski definition) is 1. The second kappa shape index (κ2) is 9.28. The number of carbonyl (C=O) groups excluding carboxylic acids is 1. The Morgan fingerprint density at radius 1 is 1.11 bits per heavy atom. The maximum atomic E-state index is 14.7. The zero-order valence-corrected chi connectivity index (χ0v) is 19.3. The number of anilines is 1. The standard InChI is InChI=1S/C23H18FN7O4S/c24-16-9-15(5-6-17(16)31-13-26-12-27-31)29-11-18(35-23(29)34)21(25)14-4-7-20(33)30(10-14)22(36)28-8-2-1-3-19(28)32/h1-10,12-13,18,21H,11,25H2/t18-,21?/m1/s1. The van der Waals surface area contributed by atoms with Crippen LogP contribution in [0.2, 0.25) is 0 Å². The van der Waals surface area contributed by atoms with Gasteiger partial charge in [0.05, 0.1) is 18.3 Å². The van der Waals surface area contributed by atoms with Gasteiger partial charge in [0.1, 0.15) is 24.4 Å². The SMILES string of the molecule is NC(c1ccc(=O)n(C(=S)n2ccccc2=O)c1)[C@H]1CN(c2ccc(-n3cncn3)c(F)c2)C(=O)O1. The summed E-state index contributed by atoms with van der Waals surface area (Å²) in [5.74, 6) is -0.602. The largest absolute Gasteiger partial charge is 0.442 e. The van der Waals surface area contributed by atoms with Crippen LogP contribution in [0.4, 0.5) is 14.9 Å². The summed E-state index contributed by atoms with van der Waals surface area (Å²) in [5.41, 5.74) is 6.44. The lowest BCUT2D eigenvalue weighted by Gasteiger charge is -2.19. The highest BCUT2D eigenvalue weighted by molar-refractivity contribution is 7.80. The molecule has 1 saturated heterocycles. The predicted octanol–water partition coefficient (Wildman–Crippen LogP) is 1.44. The highest BCUT2D eigenvalue weighted by Crippen LogP contribution is 2.29. The maximum Gasteiger partial charge on any atom is 0.414 e. The van der Waals surface area contributed by atoms with E-state index in [-0.39, 0.29) is 23.0 Å². The third-order valence-corrected chi connectivity index (χ3v) is 6.09. The van der Waals surface area contributed by atoms with Crippen molar-refractivity contribution in [1.29, 1.82) is 0 Å². The van der Waals surface area contributed by atoms with Crippen molar-refractivity contribution < 1.29 is 13.9 Å². The number of pyridine rings is 2. The molecule has 0 saturated carbocycles. The van der Waals surface area contributed by atoms with Crippen molar-refractivity contribution in [2.24, 2.45) is 5.73 Å². The first-order valence-corrected chi connectivity index (χ1v) is 11.1. The van der Waals surface area contributed by atoms with E-state index in [4.69, 9.17) is 22.7 Å². The molecule has 5 rings (SSSR count). The summed E-state index contributed by atoms with van der Waals surface area (Å²) in [6.45, 7) is 0.0455. The van der Waals surface area contributed by atoms with Crippen LogP contribution in [0.15, 0.2) is 83.2 Å². The first-order valence-electron chi connectivity index (χ1n) is 10.7. The number of carbonyl (C=O) groups is 1. The van der Waals surface area contributed by atoms with Crippen LogP contribution in [0.3, 0.4) is 0 Å². The lowest BCUT2D eigenvalue weighted by atomic mass is 10.0. The smallest absolute Gasteiger partial charge is 0.414 e. The molecule has 1 fully saturated rings. The fourth-order valence-corrected chi connectivity index (χ4v) is 4.12. The maximum absolute atomic E-state index is 14.7. The molecule has 182 valence electrons. The normalized spacial score (nSPS) is 16.1. The predicted molar refractivity (Wildman–Crippen MR) is 131 cm³/mol. The molecule has 2 atom stereocenters. The van der Waals surface area contributed by atoms with Crippen molar-refractivity contribution in [3.63, 3.8) is 0 Å². The second-order valence-corrected chi connectivity index (χ2v) is 8.26. The zero-order chi connectivity index (χ0) is 25.4. The molecule has 36 heavy (non-hydrogen) atoms. The Kier molecular flexibility index (Phi) is 6.00. The molecule has 11 nitrogen and oxygen atoms in total. The number of aromatic nitrogens is 5. The van der Waals surface area contributed by atoms with Gasteiger partial charge in [-0.25, -0.2) is 18.9 Å². The van der Waals surface area contributed by atoms with Crippen LogP contribution in [-0.2, 0) is 4.74 Å². The molecule has 0 radical (unpaired) electrons. The minimum absolute atomic E-state index is 0.0455. The van der Waals surface area contributed by atoms with Crippen molar-refractivity contribution in [3.8, 4) is 5.69 Å². The Labute approximate surface area is 207 Å². The van der Waals surface area contributed by atoms with Crippen LogP contribution in [0.25, 0.3) is 5.69 Å². The van der Waals surface area contributed by atoms with E-state index in [0.717, 1.165) is 9.13 Å². The van der Waals surface area contributed by atoms with Gasteiger partial charge in [-0.1, -0.05) is 12.1 Å². The average molecular weight is 508 g/mol. The molecule has 1 amide bonds. The average Bonchev–Trinajstić information content (AvgIpc) is 3.54. The van der Waals surface area contributed by atoms with Crippen molar-refractivity contribution in [3.05, 3.63) is 106 Å². The van der Waals surface area contributed by atoms with Crippen LogP contribution in [0.5, 0.6) is 0 Å². The van der Waals surface area contributed by atoms with Gasteiger partial charge < -0.3 is 10.5 Å². The first-order chi connectivity index (χ1) is 17.3. The van der Waals surface area contributed by atoms with Gasteiger partial charge in [0.15, 0.2) is 10.9 Å². The molecular formula is C23H18FN7O4S. The van der Waals surface area contributed by atoms with Crippen LogP contribution >= 0.6 is 12.2 Å². The number of benzene rings is 1. The molecule has 4 aromatic rings. The topological polar surface area (TPSA) is 130 Å². The lowest BCUT2D eigenvalue weighted by Crippen LogP contribution is -2.37. The summed E-state index contributed by atoms with van der Waals surface area (Å²) in [4.78, 5) is 42.2. The quantitative estimate of drug-likeness (QED) is 0.411. The van der Waals surface area contributed by atoms with Crippen molar-refractivity contribution in [1.82, 2.24) is 23.9 Å². The monoisotopic (exact) mass is 507 g/mol. The Morgan fingerprint density at radius 2 is 1.92 bits per heavy atom. The minimum atomic E-state index is -0.833. The molecule has 2 N–H and O–H groups in total. The number of rotatable bonds is 4. The van der Waals surface area contributed by atoms with Crippen molar-refractivity contribution >= 4 is 29.1 Å². The number of cyclic esters (lactones) is 1. The fraction of sp³-hybridized carbons (Fsp3) is 0.130. The Balaban J connectivity index is 1.38. The van der Waals surface area contributed by atoms with E-state index in [1.807, 2.05) is 0 Å². The van der Waals surface area contributed by atoms with Gasteiger partial charge in [-0.05, 0) is 42.0 Å². The van der Waals surface area contributed by atoms with Gasteiger partial charge in [-0.2, -0.15) is 5.10 Å². The molecule has 1 aromatic carbocycles. The molecular weight excluding hydrogens is 489 g/mol. The van der Waals surface area contributed by atoms with Crippen LogP contribution in [0, 0.1) is 5.82 Å². The summed E-state index contributed by atoms with van der Waals surface area (Å²) in [5, 5.41) is 3.85.